The van der Waals surface area contributed by atoms with E-state index in [2.05, 4.69) is 4.98 Å². The number of hydrogen-bond donors (Lipinski definition) is 0. The zero-order valence-electron chi connectivity index (χ0n) is 12.9. The highest BCUT2D eigenvalue weighted by Gasteiger charge is 2.18. The summed E-state index contributed by atoms with van der Waals surface area (Å²) >= 11 is 0. The Bertz CT molecular complexity index is 1060. The minimum Gasteiger partial charge on any atom is -0.406 e. The lowest BCUT2D eigenvalue weighted by atomic mass is 10.1. The van der Waals surface area contributed by atoms with Crippen molar-refractivity contribution < 1.29 is 4.42 Å². The van der Waals surface area contributed by atoms with Crippen LogP contribution in [0.1, 0.15) is 0 Å². The quantitative estimate of drug-likeness (QED) is 0.570. The highest BCUT2D eigenvalue weighted by atomic mass is 16.4. The fraction of sp³-hybridized carbons (Fsp3) is 0.111. The third-order valence-corrected chi connectivity index (χ3v) is 3.81. The van der Waals surface area contributed by atoms with Gasteiger partial charge in [-0.05, 0) is 18.2 Å². The third kappa shape index (κ3) is 2.01. The van der Waals surface area contributed by atoms with Gasteiger partial charge in [0.05, 0.1) is 5.69 Å². The summed E-state index contributed by atoms with van der Waals surface area (Å²) in [6, 6.07) is 17.4. The topological polar surface area (TPSA) is 51.3 Å². The monoisotopic (exact) mass is 305 g/mol. The summed E-state index contributed by atoms with van der Waals surface area (Å²) in [5.74, 6) is 0. The van der Waals surface area contributed by atoms with E-state index in [9.17, 15) is 4.79 Å². The second-order valence-electron chi connectivity index (χ2n) is 5.57. The van der Waals surface area contributed by atoms with Gasteiger partial charge in [0, 0.05) is 24.9 Å². The van der Waals surface area contributed by atoms with E-state index in [4.69, 9.17) is 4.42 Å². The first-order valence-corrected chi connectivity index (χ1v) is 7.34. The van der Waals surface area contributed by atoms with Crippen LogP contribution in [0.2, 0.25) is 0 Å². The number of nitrogens with zero attached hydrogens (tertiary/aromatic N) is 3. The molecular weight excluding hydrogens is 290 g/mol. The van der Waals surface area contributed by atoms with Gasteiger partial charge in [-0.25, -0.2) is 4.57 Å². The Morgan fingerprint density at radius 1 is 0.957 bits per heavy atom. The number of pyridine rings is 1. The van der Waals surface area contributed by atoms with Gasteiger partial charge in [-0.3, -0.25) is 4.79 Å². The van der Waals surface area contributed by atoms with Crippen LogP contribution in [0, 0.1) is 0 Å². The summed E-state index contributed by atoms with van der Waals surface area (Å²) in [5, 5.41) is 1.43. The van der Waals surface area contributed by atoms with Crippen LogP contribution in [0.5, 0.6) is 0 Å². The largest absolute Gasteiger partial charge is 0.406 e. The number of benzene rings is 2. The number of hydrogen-bond acceptors (Lipinski definition) is 4. The Morgan fingerprint density at radius 3 is 2.30 bits per heavy atom. The second-order valence-corrected chi connectivity index (χ2v) is 5.57. The molecule has 2 heterocycles. The number of oxazole rings is 1. The van der Waals surface area contributed by atoms with Crippen molar-refractivity contribution >= 4 is 28.0 Å². The summed E-state index contributed by atoms with van der Waals surface area (Å²) < 4.78 is 7.46. The van der Waals surface area contributed by atoms with Gasteiger partial charge in [0.25, 0.3) is 11.6 Å². The van der Waals surface area contributed by atoms with Crippen LogP contribution in [-0.4, -0.2) is 23.6 Å². The van der Waals surface area contributed by atoms with E-state index in [0.29, 0.717) is 22.6 Å². The Kier molecular flexibility index (Phi) is 2.94. The Hall–Kier alpha value is -3.08. The number of para-hydroxylation sites is 1. The molecule has 0 saturated heterocycles. The van der Waals surface area contributed by atoms with Gasteiger partial charge in [-0.1, -0.05) is 36.4 Å². The molecule has 0 spiro atoms. The third-order valence-electron chi connectivity index (χ3n) is 3.81. The van der Waals surface area contributed by atoms with E-state index in [-0.39, 0.29) is 5.56 Å². The standard InChI is InChI=1S/C18H15N3O2/c1-20(2)18-19-15-13-10-6-7-11-14(13)16(22)21(17(15)23-18)12-8-4-3-5-9-12/h3-11H,1-2H3. The van der Waals surface area contributed by atoms with E-state index in [1.54, 1.807) is 9.47 Å². The second kappa shape index (κ2) is 4.98. The van der Waals surface area contributed by atoms with E-state index in [0.717, 1.165) is 11.1 Å². The fourth-order valence-corrected chi connectivity index (χ4v) is 2.72. The summed E-state index contributed by atoms with van der Waals surface area (Å²) in [7, 11) is 3.72. The molecule has 0 amide bonds. The van der Waals surface area contributed by atoms with Crippen molar-refractivity contribution in [1.29, 1.82) is 0 Å². The first kappa shape index (κ1) is 13.6. The molecule has 114 valence electrons. The molecule has 0 atom stereocenters. The predicted molar refractivity (Wildman–Crippen MR) is 91.4 cm³/mol. The van der Waals surface area contributed by atoms with Crippen molar-refractivity contribution in [3.63, 3.8) is 0 Å². The van der Waals surface area contributed by atoms with Gasteiger partial charge in [0.15, 0.2) is 0 Å². The maximum absolute atomic E-state index is 13.0. The zero-order chi connectivity index (χ0) is 16.0. The minimum absolute atomic E-state index is 0.110. The number of aromatic nitrogens is 2. The van der Waals surface area contributed by atoms with Gasteiger partial charge < -0.3 is 9.32 Å². The maximum atomic E-state index is 13.0. The number of anilines is 1. The van der Waals surface area contributed by atoms with Crippen LogP contribution in [0.4, 0.5) is 6.01 Å². The Labute approximate surface area is 132 Å². The Morgan fingerprint density at radius 2 is 1.61 bits per heavy atom. The van der Waals surface area contributed by atoms with Crippen LogP contribution >= 0.6 is 0 Å². The van der Waals surface area contributed by atoms with Crippen molar-refractivity contribution in [1.82, 2.24) is 9.55 Å². The van der Waals surface area contributed by atoms with Crippen LogP contribution < -0.4 is 10.5 Å². The number of rotatable bonds is 2. The normalized spacial score (nSPS) is 11.2. The molecule has 5 nitrogen and oxygen atoms in total. The van der Waals surface area contributed by atoms with E-state index in [1.807, 2.05) is 68.7 Å². The summed E-state index contributed by atoms with van der Waals surface area (Å²) in [6.07, 6.45) is 0. The van der Waals surface area contributed by atoms with Gasteiger partial charge in [-0.2, -0.15) is 4.98 Å². The average Bonchev–Trinajstić information content (AvgIpc) is 3.01. The molecule has 0 fully saturated rings. The molecule has 0 bridgehead atoms. The molecule has 0 aliphatic carbocycles. The smallest absolute Gasteiger partial charge is 0.299 e. The molecule has 5 heteroatoms. The molecule has 4 rings (SSSR count). The van der Waals surface area contributed by atoms with Crippen molar-refractivity contribution in [3.8, 4) is 5.69 Å². The summed E-state index contributed by atoms with van der Waals surface area (Å²) in [6.45, 7) is 0. The summed E-state index contributed by atoms with van der Waals surface area (Å²) in [4.78, 5) is 19.3. The molecule has 4 aromatic rings. The first-order valence-electron chi connectivity index (χ1n) is 7.34. The average molecular weight is 305 g/mol. The van der Waals surface area contributed by atoms with Crippen molar-refractivity contribution in [2.45, 2.75) is 0 Å². The zero-order valence-corrected chi connectivity index (χ0v) is 12.9. The minimum atomic E-state index is -0.110. The molecule has 2 aromatic heterocycles. The lowest BCUT2D eigenvalue weighted by Gasteiger charge is -2.08. The van der Waals surface area contributed by atoms with Crippen LogP contribution in [0.25, 0.3) is 27.7 Å². The van der Waals surface area contributed by atoms with E-state index in [1.165, 1.54) is 0 Å². The number of fused-ring (bicyclic) bond motifs is 3. The molecular formula is C18H15N3O2. The van der Waals surface area contributed by atoms with Crippen LogP contribution in [0.15, 0.2) is 63.8 Å². The molecule has 2 aromatic carbocycles. The highest BCUT2D eigenvalue weighted by Crippen LogP contribution is 2.27. The van der Waals surface area contributed by atoms with Gasteiger partial charge in [0.1, 0.15) is 5.52 Å². The molecule has 0 aliphatic rings. The molecule has 0 N–H and O–H groups in total. The van der Waals surface area contributed by atoms with E-state index < -0.39 is 0 Å². The van der Waals surface area contributed by atoms with Gasteiger partial charge in [0.2, 0.25) is 5.71 Å². The van der Waals surface area contributed by atoms with E-state index >= 15 is 0 Å². The molecule has 0 saturated carbocycles. The first-order chi connectivity index (χ1) is 11.2. The molecule has 0 radical (unpaired) electrons. The van der Waals surface area contributed by atoms with Crippen LogP contribution in [-0.2, 0) is 0 Å². The van der Waals surface area contributed by atoms with Gasteiger partial charge >= 0.3 is 0 Å². The molecule has 0 unspecified atom stereocenters. The van der Waals surface area contributed by atoms with Crippen molar-refractivity contribution in [2.24, 2.45) is 0 Å². The van der Waals surface area contributed by atoms with Gasteiger partial charge in [-0.15, -0.1) is 0 Å². The SMILES string of the molecule is CN(C)c1nc2c3ccccc3c(=O)n(-c3ccccc3)c2o1. The summed E-state index contributed by atoms with van der Waals surface area (Å²) in [5.41, 5.74) is 1.80. The molecule has 23 heavy (non-hydrogen) atoms. The highest BCUT2D eigenvalue weighted by molar-refractivity contribution is 6.02. The maximum Gasteiger partial charge on any atom is 0.299 e. The van der Waals surface area contributed by atoms with Crippen LogP contribution in [0.3, 0.4) is 0 Å². The Balaban J connectivity index is 2.23. The molecule has 0 aliphatic heterocycles. The lowest BCUT2D eigenvalue weighted by Crippen LogP contribution is -2.18. The predicted octanol–water partition coefficient (Wildman–Crippen LogP) is 3.20. The lowest BCUT2D eigenvalue weighted by molar-refractivity contribution is 0.576. The van der Waals surface area contributed by atoms with Crippen molar-refractivity contribution in [3.05, 3.63) is 65.0 Å². The van der Waals surface area contributed by atoms with Crippen molar-refractivity contribution in [2.75, 3.05) is 19.0 Å². The fourth-order valence-electron chi connectivity index (χ4n) is 2.72.